The predicted molar refractivity (Wildman–Crippen MR) is 137 cm³/mol. The van der Waals surface area contributed by atoms with Gasteiger partial charge in [0.05, 0.1) is 35.1 Å². The highest BCUT2D eigenvalue weighted by Gasteiger charge is 2.20. The second kappa shape index (κ2) is 9.30. The van der Waals surface area contributed by atoms with E-state index in [2.05, 4.69) is 26.7 Å². The third kappa shape index (κ3) is 4.70. The van der Waals surface area contributed by atoms with Gasteiger partial charge in [0, 0.05) is 23.6 Å². The Bertz CT molecular complexity index is 1580. The quantitative estimate of drug-likeness (QED) is 0.439. The molecule has 2 N–H and O–H groups in total. The standard InChI is InChI=1S/C27H28N6O3/c1-15-7-9-18(21(12-28)16(15)2)24-22(13-30-33(24)6)17-8-10-19-20(11-17)23(31-32-25(19)34)14-29-26(35)36-27(3,4)5/h7-11,13H,14H2,1-6H3,(H,29,35)(H,32,34). The van der Waals surface area contributed by atoms with E-state index in [1.54, 1.807) is 37.7 Å². The summed E-state index contributed by atoms with van der Waals surface area (Å²) in [6.07, 6.45) is 1.17. The number of nitrogens with one attached hydrogen (secondary N) is 2. The van der Waals surface area contributed by atoms with Gasteiger partial charge in [0.15, 0.2) is 0 Å². The van der Waals surface area contributed by atoms with Crippen molar-refractivity contribution in [3.05, 3.63) is 69.3 Å². The Morgan fingerprint density at radius 3 is 2.61 bits per heavy atom. The Kier molecular flexibility index (Phi) is 6.37. The van der Waals surface area contributed by atoms with E-state index in [4.69, 9.17) is 4.74 Å². The highest BCUT2D eigenvalue weighted by Crippen LogP contribution is 2.36. The third-order valence-corrected chi connectivity index (χ3v) is 6.02. The number of aromatic amines is 1. The number of hydrogen-bond donors (Lipinski definition) is 2. The lowest BCUT2D eigenvalue weighted by Crippen LogP contribution is -2.32. The average Bonchev–Trinajstić information content (AvgIpc) is 3.20. The second-order valence-electron chi connectivity index (χ2n) is 9.69. The molecule has 0 bridgehead atoms. The van der Waals surface area contributed by atoms with Gasteiger partial charge in [0.2, 0.25) is 0 Å². The van der Waals surface area contributed by atoms with Crippen molar-refractivity contribution in [1.29, 1.82) is 5.26 Å². The van der Waals surface area contributed by atoms with Crippen LogP contribution in [-0.4, -0.2) is 31.7 Å². The number of H-pyrrole nitrogens is 1. The SMILES string of the molecule is Cc1ccc(-c2c(-c3ccc4c(=O)[nH]nc(CNC(=O)OC(C)(C)C)c4c3)cnn2C)c(C#N)c1C. The van der Waals surface area contributed by atoms with E-state index in [1.807, 2.05) is 45.2 Å². The van der Waals surface area contributed by atoms with Crippen LogP contribution in [0.3, 0.4) is 0 Å². The normalized spacial score (nSPS) is 11.4. The van der Waals surface area contributed by atoms with E-state index < -0.39 is 11.7 Å². The van der Waals surface area contributed by atoms with Crippen LogP contribution in [-0.2, 0) is 18.3 Å². The van der Waals surface area contributed by atoms with Gasteiger partial charge in [-0.05, 0) is 63.4 Å². The fourth-order valence-electron chi connectivity index (χ4n) is 4.12. The first kappa shape index (κ1) is 24.7. The topological polar surface area (TPSA) is 126 Å². The van der Waals surface area contributed by atoms with Crippen molar-refractivity contribution < 1.29 is 9.53 Å². The predicted octanol–water partition coefficient (Wildman–Crippen LogP) is 4.50. The zero-order chi connectivity index (χ0) is 26.2. The van der Waals surface area contributed by atoms with E-state index in [0.29, 0.717) is 22.0 Å². The molecule has 2 heterocycles. The van der Waals surface area contributed by atoms with Gasteiger partial charge in [-0.3, -0.25) is 9.48 Å². The number of amides is 1. The fraction of sp³-hybridized carbons (Fsp3) is 0.296. The molecular formula is C27H28N6O3. The number of carbonyl (C=O) groups excluding carboxylic acids is 1. The fourth-order valence-corrected chi connectivity index (χ4v) is 4.12. The van der Waals surface area contributed by atoms with Gasteiger partial charge in [-0.2, -0.15) is 15.5 Å². The summed E-state index contributed by atoms with van der Waals surface area (Å²) in [6, 6.07) is 11.7. The minimum absolute atomic E-state index is 0.0707. The lowest BCUT2D eigenvalue weighted by atomic mass is 9.92. The number of benzene rings is 2. The van der Waals surface area contributed by atoms with Crippen LogP contribution < -0.4 is 10.9 Å². The Balaban J connectivity index is 1.81. The lowest BCUT2D eigenvalue weighted by Gasteiger charge is -2.19. The zero-order valence-electron chi connectivity index (χ0n) is 21.2. The third-order valence-electron chi connectivity index (χ3n) is 6.02. The molecule has 2 aromatic carbocycles. The van der Waals surface area contributed by atoms with Gasteiger partial charge < -0.3 is 10.1 Å². The summed E-state index contributed by atoms with van der Waals surface area (Å²) in [5, 5.41) is 24.8. The van der Waals surface area contributed by atoms with Gasteiger partial charge in [0.25, 0.3) is 5.56 Å². The summed E-state index contributed by atoms with van der Waals surface area (Å²) in [5.74, 6) is 0. The van der Waals surface area contributed by atoms with E-state index in [0.717, 1.165) is 33.5 Å². The summed E-state index contributed by atoms with van der Waals surface area (Å²) >= 11 is 0. The molecule has 0 saturated heterocycles. The molecule has 2 aromatic heterocycles. The van der Waals surface area contributed by atoms with Gasteiger partial charge >= 0.3 is 6.09 Å². The molecule has 184 valence electrons. The largest absolute Gasteiger partial charge is 0.444 e. The molecule has 4 aromatic rings. The Morgan fingerprint density at radius 1 is 1.17 bits per heavy atom. The van der Waals surface area contributed by atoms with E-state index >= 15 is 0 Å². The Hall–Kier alpha value is -4.45. The minimum Gasteiger partial charge on any atom is -0.444 e. The van der Waals surface area contributed by atoms with E-state index in [-0.39, 0.29) is 12.1 Å². The number of ether oxygens (including phenoxy) is 1. The number of alkyl carbamates (subject to hydrolysis) is 1. The van der Waals surface area contributed by atoms with E-state index in [1.165, 1.54) is 0 Å². The molecule has 0 aliphatic carbocycles. The molecule has 9 nitrogen and oxygen atoms in total. The molecule has 0 aliphatic heterocycles. The van der Waals surface area contributed by atoms with Crippen LogP contribution in [0.25, 0.3) is 33.2 Å². The molecule has 4 rings (SSSR count). The molecule has 0 spiro atoms. The zero-order valence-corrected chi connectivity index (χ0v) is 21.2. The molecule has 1 amide bonds. The number of rotatable bonds is 4. The molecule has 0 saturated carbocycles. The number of aryl methyl sites for hydroxylation is 2. The Morgan fingerprint density at radius 2 is 1.92 bits per heavy atom. The first-order chi connectivity index (χ1) is 17.0. The van der Waals surface area contributed by atoms with Crippen LogP contribution in [0, 0.1) is 25.2 Å². The van der Waals surface area contributed by atoms with Crippen LogP contribution in [0.4, 0.5) is 4.79 Å². The number of aromatic nitrogens is 4. The summed E-state index contributed by atoms with van der Waals surface area (Å²) in [4.78, 5) is 24.6. The number of fused-ring (bicyclic) bond motifs is 1. The van der Waals surface area contributed by atoms with Gasteiger partial charge in [-0.1, -0.05) is 18.2 Å². The van der Waals surface area contributed by atoms with Crippen molar-refractivity contribution >= 4 is 16.9 Å². The highest BCUT2D eigenvalue weighted by atomic mass is 16.6. The highest BCUT2D eigenvalue weighted by molar-refractivity contribution is 5.92. The number of hydrogen-bond acceptors (Lipinski definition) is 6. The number of carbonyl (C=O) groups is 1. The molecular weight excluding hydrogens is 456 g/mol. The molecule has 0 atom stereocenters. The number of nitriles is 1. The summed E-state index contributed by atoms with van der Waals surface area (Å²) in [5.41, 5.74) is 5.28. The molecule has 0 radical (unpaired) electrons. The first-order valence-electron chi connectivity index (χ1n) is 11.5. The Labute approximate surface area is 208 Å². The minimum atomic E-state index is -0.634. The van der Waals surface area contributed by atoms with Crippen molar-refractivity contribution in [2.45, 2.75) is 46.8 Å². The van der Waals surface area contributed by atoms with E-state index in [9.17, 15) is 14.9 Å². The maximum absolute atomic E-state index is 12.5. The van der Waals surface area contributed by atoms with Crippen LogP contribution >= 0.6 is 0 Å². The summed E-state index contributed by atoms with van der Waals surface area (Å²) < 4.78 is 7.05. The molecule has 0 fully saturated rings. The maximum atomic E-state index is 12.5. The second-order valence-corrected chi connectivity index (χ2v) is 9.69. The van der Waals surface area contributed by atoms with Crippen LogP contribution in [0.5, 0.6) is 0 Å². The van der Waals surface area contributed by atoms with Gasteiger partial charge in [-0.15, -0.1) is 0 Å². The van der Waals surface area contributed by atoms with Crippen molar-refractivity contribution in [3.8, 4) is 28.5 Å². The van der Waals surface area contributed by atoms with Crippen molar-refractivity contribution in [3.63, 3.8) is 0 Å². The number of nitrogens with zero attached hydrogens (tertiary/aromatic N) is 4. The van der Waals surface area contributed by atoms with Crippen LogP contribution in [0.1, 0.15) is 43.2 Å². The molecule has 0 unspecified atom stereocenters. The molecule has 9 heteroatoms. The van der Waals surface area contributed by atoms with Crippen molar-refractivity contribution in [2.24, 2.45) is 7.05 Å². The lowest BCUT2D eigenvalue weighted by molar-refractivity contribution is 0.0523. The van der Waals surface area contributed by atoms with Gasteiger partial charge in [0.1, 0.15) is 11.7 Å². The molecule has 36 heavy (non-hydrogen) atoms. The maximum Gasteiger partial charge on any atom is 0.407 e. The average molecular weight is 485 g/mol. The monoisotopic (exact) mass is 484 g/mol. The van der Waals surface area contributed by atoms with Crippen molar-refractivity contribution in [2.75, 3.05) is 0 Å². The smallest absolute Gasteiger partial charge is 0.407 e. The van der Waals surface area contributed by atoms with Gasteiger partial charge in [-0.25, -0.2) is 9.89 Å². The van der Waals surface area contributed by atoms with Crippen LogP contribution in [0.15, 0.2) is 41.3 Å². The summed E-state index contributed by atoms with van der Waals surface area (Å²) in [6.45, 7) is 9.33. The van der Waals surface area contributed by atoms with Crippen LogP contribution in [0.2, 0.25) is 0 Å². The first-order valence-corrected chi connectivity index (χ1v) is 11.5. The molecule has 0 aliphatic rings. The van der Waals surface area contributed by atoms with Crippen molar-refractivity contribution in [1.82, 2.24) is 25.3 Å². The summed E-state index contributed by atoms with van der Waals surface area (Å²) in [7, 11) is 1.83.